The fraction of sp³-hybridized carbons (Fsp3) is 0.179. The molecule has 0 aliphatic rings. The highest BCUT2D eigenvalue weighted by Crippen LogP contribution is 2.30. The summed E-state index contributed by atoms with van der Waals surface area (Å²) in [5.41, 5.74) is 6.48. The van der Waals surface area contributed by atoms with Crippen LogP contribution in [-0.2, 0) is 6.42 Å². The number of ether oxygens (including phenoxy) is 2. The van der Waals surface area contributed by atoms with Gasteiger partial charge in [0, 0.05) is 11.1 Å². The van der Waals surface area contributed by atoms with Gasteiger partial charge in [0.1, 0.15) is 5.75 Å². The van der Waals surface area contributed by atoms with Crippen molar-refractivity contribution >= 4 is 44.8 Å². The lowest BCUT2D eigenvalue weighted by molar-refractivity contribution is 0.104. The van der Waals surface area contributed by atoms with Crippen LogP contribution in [0.25, 0.3) is 16.3 Å². The maximum atomic E-state index is 12.8. The molecule has 7 nitrogen and oxygen atoms in total. The number of aryl methyl sites for hydroxylation is 1. The largest absolute Gasteiger partial charge is 0.507 e. The van der Waals surface area contributed by atoms with E-state index in [4.69, 9.17) is 9.47 Å². The van der Waals surface area contributed by atoms with Crippen LogP contribution >= 0.6 is 11.3 Å². The van der Waals surface area contributed by atoms with E-state index in [1.165, 1.54) is 24.5 Å². The summed E-state index contributed by atoms with van der Waals surface area (Å²) in [6, 6.07) is 16.6. The monoisotopic (exact) mass is 501 g/mol. The van der Waals surface area contributed by atoms with E-state index in [2.05, 4.69) is 15.5 Å². The molecule has 1 aromatic heterocycles. The number of nitrogens with zero attached hydrogens (tertiary/aromatic N) is 2. The van der Waals surface area contributed by atoms with Crippen LogP contribution in [0.15, 0.2) is 65.8 Å². The van der Waals surface area contributed by atoms with Gasteiger partial charge in [-0.2, -0.15) is 5.10 Å². The second-order valence-corrected chi connectivity index (χ2v) is 9.02. The molecule has 0 radical (unpaired) electrons. The number of anilines is 1. The van der Waals surface area contributed by atoms with Crippen LogP contribution in [0.3, 0.4) is 0 Å². The third-order valence-electron chi connectivity index (χ3n) is 5.51. The molecule has 0 aliphatic heterocycles. The Morgan fingerprint density at radius 2 is 1.92 bits per heavy atom. The number of phenols is 1. The minimum atomic E-state index is -0.219. The molecule has 3 aromatic carbocycles. The van der Waals surface area contributed by atoms with Crippen molar-refractivity contribution < 1.29 is 19.4 Å². The quantitative estimate of drug-likeness (QED) is 0.114. The van der Waals surface area contributed by atoms with Gasteiger partial charge in [-0.1, -0.05) is 36.8 Å². The van der Waals surface area contributed by atoms with Crippen molar-refractivity contribution in [2.75, 3.05) is 19.6 Å². The average Bonchev–Trinajstić information content (AvgIpc) is 3.32. The molecule has 184 valence electrons. The number of nitrogens with one attached hydrogen (secondary N) is 1. The molecular formula is C28H27N3O4S. The fourth-order valence-corrected chi connectivity index (χ4v) is 4.55. The number of carbonyl (C=O) groups is 1. The number of aromatic nitrogens is 1. The summed E-state index contributed by atoms with van der Waals surface area (Å²) in [5.74, 6) is 0.962. The van der Waals surface area contributed by atoms with Crippen molar-refractivity contribution in [2.45, 2.75) is 19.8 Å². The third-order valence-corrected chi connectivity index (χ3v) is 6.45. The van der Waals surface area contributed by atoms with Gasteiger partial charge in [0.2, 0.25) is 5.13 Å². The summed E-state index contributed by atoms with van der Waals surface area (Å²) in [7, 11) is 3.06. The van der Waals surface area contributed by atoms with E-state index in [-0.39, 0.29) is 11.5 Å². The second kappa shape index (κ2) is 11.5. The molecular weight excluding hydrogens is 474 g/mol. The number of ketones is 1. The van der Waals surface area contributed by atoms with Crippen LogP contribution in [0.1, 0.15) is 40.4 Å². The van der Waals surface area contributed by atoms with Gasteiger partial charge in [0.25, 0.3) is 0 Å². The lowest BCUT2D eigenvalue weighted by Gasteiger charge is -2.09. The number of benzene rings is 3. The van der Waals surface area contributed by atoms with Gasteiger partial charge in [0.15, 0.2) is 17.3 Å². The van der Waals surface area contributed by atoms with E-state index in [0.717, 1.165) is 27.8 Å². The zero-order chi connectivity index (χ0) is 25.5. The standard InChI is InChI=1S/C28H27N3O4S/c1-4-7-20-14-18(17-29-31-28-30-22-8-5-6-9-26(22)36-28)15-21(27(20)33)10-12-23(32)19-11-13-24(34-2)25(16-19)35-3/h5-6,8-17,33H,4,7H2,1-3H3,(H,30,31)/b12-10+,29-17+. The maximum absolute atomic E-state index is 12.8. The number of hydrazone groups is 1. The van der Waals surface area contributed by atoms with Crippen LogP contribution in [-0.4, -0.2) is 36.3 Å². The Bertz CT molecular complexity index is 1410. The fourth-order valence-electron chi connectivity index (χ4n) is 3.74. The molecule has 1 heterocycles. The van der Waals surface area contributed by atoms with E-state index < -0.39 is 0 Å². The Labute approximate surface area is 213 Å². The number of thiazole rings is 1. The number of carbonyl (C=O) groups excluding carboxylic acids is 1. The van der Waals surface area contributed by atoms with Crippen molar-refractivity contribution in [3.63, 3.8) is 0 Å². The SMILES string of the molecule is CCCc1cc(/C=N/Nc2nc3ccccc3s2)cc(/C=C/C(=O)c2ccc(OC)c(OC)c2)c1O. The molecule has 0 atom stereocenters. The van der Waals surface area contributed by atoms with Gasteiger partial charge in [-0.15, -0.1) is 0 Å². The van der Waals surface area contributed by atoms with Crippen LogP contribution in [0.2, 0.25) is 0 Å². The van der Waals surface area contributed by atoms with Crippen LogP contribution < -0.4 is 14.9 Å². The van der Waals surface area contributed by atoms with Crippen molar-refractivity contribution in [3.8, 4) is 17.2 Å². The number of phenolic OH excluding ortho intramolecular Hbond substituents is 1. The van der Waals surface area contributed by atoms with Gasteiger partial charge < -0.3 is 14.6 Å². The van der Waals surface area contributed by atoms with Gasteiger partial charge in [-0.3, -0.25) is 10.2 Å². The van der Waals surface area contributed by atoms with Crippen molar-refractivity contribution in [1.29, 1.82) is 0 Å². The highest BCUT2D eigenvalue weighted by atomic mass is 32.1. The zero-order valence-electron chi connectivity index (χ0n) is 20.3. The van der Waals surface area contributed by atoms with E-state index in [9.17, 15) is 9.90 Å². The average molecular weight is 502 g/mol. The minimum absolute atomic E-state index is 0.157. The molecule has 0 bridgehead atoms. The molecule has 0 unspecified atom stereocenters. The molecule has 4 rings (SSSR count). The topological polar surface area (TPSA) is 93.0 Å². The van der Waals surface area contributed by atoms with Crippen LogP contribution in [0, 0.1) is 0 Å². The Morgan fingerprint density at radius 3 is 2.67 bits per heavy atom. The minimum Gasteiger partial charge on any atom is -0.507 e. The lowest BCUT2D eigenvalue weighted by atomic mass is 10.00. The Morgan fingerprint density at radius 1 is 1.11 bits per heavy atom. The lowest BCUT2D eigenvalue weighted by Crippen LogP contribution is -1.98. The molecule has 0 saturated carbocycles. The second-order valence-electron chi connectivity index (χ2n) is 7.99. The normalized spacial score (nSPS) is 11.4. The molecule has 0 amide bonds. The number of hydrogen-bond donors (Lipinski definition) is 2. The van der Waals surface area contributed by atoms with Gasteiger partial charge in [0.05, 0.1) is 30.7 Å². The molecule has 8 heteroatoms. The predicted octanol–water partition coefficient (Wildman–Crippen LogP) is 6.31. The van der Waals surface area contributed by atoms with Crippen LogP contribution in [0.4, 0.5) is 5.13 Å². The van der Waals surface area contributed by atoms with E-state index in [1.807, 2.05) is 37.3 Å². The van der Waals surface area contributed by atoms with E-state index in [1.54, 1.807) is 43.7 Å². The van der Waals surface area contributed by atoms with E-state index in [0.29, 0.717) is 34.2 Å². The number of rotatable bonds is 10. The van der Waals surface area contributed by atoms with Crippen molar-refractivity contribution in [1.82, 2.24) is 4.98 Å². The number of para-hydroxylation sites is 1. The Kier molecular flexibility index (Phi) is 7.97. The molecule has 4 aromatic rings. The first kappa shape index (κ1) is 24.9. The first-order valence-corrected chi connectivity index (χ1v) is 12.3. The van der Waals surface area contributed by atoms with Gasteiger partial charge in [-0.25, -0.2) is 4.98 Å². The summed E-state index contributed by atoms with van der Waals surface area (Å²) in [4.78, 5) is 17.3. The Balaban J connectivity index is 1.56. The molecule has 36 heavy (non-hydrogen) atoms. The Hall–Kier alpha value is -4.17. The molecule has 0 spiro atoms. The first-order valence-electron chi connectivity index (χ1n) is 11.5. The summed E-state index contributed by atoms with van der Waals surface area (Å²) in [5, 5.41) is 15.8. The van der Waals surface area contributed by atoms with Crippen molar-refractivity contribution in [2.24, 2.45) is 5.10 Å². The van der Waals surface area contributed by atoms with Gasteiger partial charge in [-0.05, 0) is 72.2 Å². The van der Waals surface area contributed by atoms with E-state index >= 15 is 0 Å². The summed E-state index contributed by atoms with van der Waals surface area (Å²) >= 11 is 1.52. The number of allylic oxidation sites excluding steroid dienone is 1. The maximum Gasteiger partial charge on any atom is 0.204 e. The number of fused-ring (bicyclic) bond motifs is 1. The third kappa shape index (κ3) is 5.72. The van der Waals surface area contributed by atoms with Gasteiger partial charge >= 0.3 is 0 Å². The summed E-state index contributed by atoms with van der Waals surface area (Å²) < 4.78 is 11.6. The summed E-state index contributed by atoms with van der Waals surface area (Å²) in [6.45, 7) is 2.05. The van der Waals surface area contributed by atoms with Crippen LogP contribution in [0.5, 0.6) is 17.2 Å². The smallest absolute Gasteiger partial charge is 0.204 e. The molecule has 0 aliphatic carbocycles. The highest BCUT2D eigenvalue weighted by Gasteiger charge is 2.11. The zero-order valence-corrected chi connectivity index (χ0v) is 21.1. The number of aromatic hydroxyl groups is 1. The highest BCUT2D eigenvalue weighted by molar-refractivity contribution is 7.22. The number of methoxy groups -OCH3 is 2. The molecule has 0 fully saturated rings. The molecule has 2 N–H and O–H groups in total. The molecule has 0 saturated heterocycles. The predicted molar refractivity (Wildman–Crippen MR) is 146 cm³/mol. The summed E-state index contributed by atoms with van der Waals surface area (Å²) in [6.07, 6.45) is 6.30. The number of hydrogen-bond acceptors (Lipinski definition) is 8. The van der Waals surface area contributed by atoms with Crippen molar-refractivity contribution in [3.05, 3.63) is 82.9 Å². The first-order chi connectivity index (χ1) is 17.5.